The van der Waals surface area contributed by atoms with Crippen LogP contribution in [-0.2, 0) is 7.05 Å². The Morgan fingerprint density at radius 2 is 2.21 bits per heavy atom. The zero-order valence-electron chi connectivity index (χ0n) is 11.3. The van der Waals surface area contributed by atoms with Crippen LogP contribution in [0.2, 0.25) is 0 Å². The van der Waals surface area contributed by atoms with Crippen molar-refractivity contribution in [2.24, 2.45) is 7.05 Å². The lowest BCUT2D eigenvalue weighted by molar-refractivity contribution is 0.0585. The van der Waals surface area contributed by atoms with E-state index in [0.717, 1.165) is 25.7 Å². The van der Waals surface area contributed by atoms with Gasteiger partial charge in [0.25, 0.3) is 5.91 Å². The number of likely N-dealkylation sites (tertiary alicyclic amines) is 1. The molecule has 1 atom stereocenters. The van der Waals surface area contributed by atoms with Gasteiger partial charge in [0.2, 0.25) is 0 Å². The van der Waals surface area contributed by atoms with Crippen molar-refractivity contribution in [1.82, 2.24) is 14.7 Å². The van der Waals surface area contributed by atoms with Gasteiger partial charge >= 0.3 is 5.97 Å². The first-order chi connectivity index (χ1) is 9.04. The highest BCUT2D eigenvalue weighted by molar-refractivity contribution is 6.03. The number of hydrogen-bond donors (Lipinski definition) is 1. The predicted molar refractivity (Wildman–Crippen MR) is 69.1 cm³/mol. The average molecular weight is 265 g/mol. The fourth-order valence-corrected chi connectivity index (χ4v) is 2.63. The zero-order valence-corrected chi connectivity index (χ0v) is 11.3. The van der Waals surface area contributed by atoms with Crippen molar-refractivity contribution in [3.8, 4) is 0 Å². The maximum Gasteiger partial charge on any atom is 0.339 e. The lowest BCUT2D eigenvalue weighted by Gasteiger charge is -2.34. The number of hydrogen-bond acceptors (Lipinski definition) is 3. The van der Waals surface area contributed by atoms with Crippen molar-refractivity contribution >= 4 is 11.9 Å². The van der Waals surface area contributed by atoms with Gasteiger partial charge in [-0.1, -0.05) is 6.92 Å². The molecule has 1 aromatic rings. The second kappa shape index (κ2) is 5.42. The van der Waals surface area contributed by atoms with Crippen LogP contribution in [-0.4, -0.2) is 44.3 Å². The smallest absolute Gasteiger partial charge is 0.339 e. The number of carbonyl (C=O) groups is 2. The zero-order chi connectivity index (χ0) is 14.0. The number of aromatic carboxylic acids is 1. The molecule has 0 spiro atoms. The van der Waals surface area contributed by atoms with Crippen LogP contribution in [0.1, 0.15) is 53.5 Å². The van der Waals surface area contributed by atoms with Crippen LogP contribution in [0.25, 0.3) is 0 Å². The van der Waals surface area contributed by atoms with Crippen molar-refractivity contribution in [2.75, 3.05) is 6.54 Å². The predicted octanol–water partition coefficient (Wildman–Crippen LogP) is 1.52. The van der Waals surface area contributed by atoms with E-state index in [1.165, 1.54) is 10.9 Å². The van der Waals surface area contributed by atoms with Gasteiger partial charge in [-0.3, -0.25) is 9.48 Å². The summed E-state index contributed by atoms with van der Waals surface area (Å²) in [5.74, 6) is -1.37. The van der Waals surface area contributed by atoms with Crippen LogP contribution < -0.4 is 0 Å². The first-order valence-corrected chi connectivity index (χ1v) is 6.62. The van der Waals surface area contributed by atoms with Gasteiger partial charge in [0.05, 0.1) is 0 Å². The van der Waals surface area contributed by atoms with Gasteiger partial charge in [0, 0.05) is 25.8 Å². The van der Waals surface area contributed by atoms with Crippen molar-refractivity contribution in [2.45, 2.75) is 38.6 Å². The first kappa shape index (κ1) is 13.6. The number of aromatic nitrogens is 2. The Bertz CT molecular complexity index is 495. The Morgan fingerprint density at radius 3 is 2.84 bits per heavy atom. The van der Waals surface area contributed by atoms with Gasteiger partial charge < -0.3 is 10.0 Å². The summed E-state index contributed by atoms with van der Waals surface area (Å²) in [6.07, 6.45) is 5.34. The van der Waals surface area contributed by atoms with E-state index in [2.05, 4.69) is 5.10 Å². The number of carboxylic acids is 1. The summed E-state index contributed by atoms with van der Waals surface area (Å²) in [7, 11) is 1.62. The molecule has 1 aliphatic heterocycles. The number of rotatable bonds is 3. The third-order valence-electron chi connectivity index (χ3n) is 3.62. The minimum absolute atomic E-state index is 0.0204. The third kappa shape index (κ3) is 2.62. The Balaban J connectivity index is 2.30. The SMILES string of the molecule is CC[C@H]1CCCCN1C(=O)c1nn(C)cc1C(=O)O. The molecule has 0 saturated carbocycles. The van der Waals surface area contributed by atoms with E-state index in [4.69, 9.17) is 5.11 Å². The summed E-state index contributed by atoms with van der Waals surface area (Å²) in [4.78, 5) is 25.4. The van der Waals surface area contributed by atoms with Crippen LogP contribution in [0.4, 0.5) is 0 Å². The molecule has 1 fully saturated rings. The molecule has 19 heavy (non-hydrogen) atoms. The molecule has 0 aliphatic carbocycles. The highest BCUT2D eigenvalue weighted by Crippen LogP contribution is 2.22. The molecule has 1 aromatic heterocycles. The second-order valence-electron chi connectivity index (χ2n) is 4.93. The molecular weight excluding hydrogens is 246 g/mol. The van der Waals surface area contributed by atoms with Crippen molar-refractivity contribution in [3.05, 3.63) is 17.5 Å². The number of carboxylic acid groups (broad SMARTS) is 1. The molecule has 0 aromatic carbocycles. The van der Waals surface area contributed by atoms with Gasteiger partial charge in [0.15, 0.2) is 5.69 Å². The first-order valence-electron chi connectivity index (χ1n) is 6.62. The number of aryl methyl sites for hydroxylation is 1. The second-order valence-corrected chi connectivity index (χ2v) is 4.93. The lowest BCUT2D eigenvalue weighted by Crippen LogP contribution is -2.44. The Morgan fingerprint density at radius 1 is 1.47 bits per heavy atom. The van der Waals surface area contributed by atoms with Crippen LogP contribution in [0.5, 0.6) is 0 Å². The topological polar surface area (TPSA) is 75.4 Å². The summed E-state index contributed by atoms with van der Waals surface area (Å²) in [6.45, 7) is 2.74. The third-order valence-corrected chi connectivity index (χ3v) is 3.62. The molecular formula is C13H19N3O3. The highest BCUT2D eigenvalue weighted by atomic mass is 16.4. The lowest BCUT2D eigenvalue weighted by atomic mass is 9.99. The normalized spacial score (nSPS) is 19.5. The van der Waals surface area contributed by atoms with Crippen LogP contribution in [0.15, 0.2) is 6.20 Å². The van der Waals surface area contributed by atoms with E-state index in [-0.39, 0.29) is 23.2 Å². The van der Waals surface area contributed by atoms with Crippen LogP contribution >= 0.6 is 0 Å². The van der Waals surface area contributed by atoms with Gasteiger partial charge in [-0.15, -0.1) is 0 Å². The van der Waals surface area contributed by atoms with E-state index in [0.29, 0.717) is 6.54 Å². The molecule has 6 heteroatoms. The average Bonchev–Trinajstić information content (AvgIpc) is 2.80. The molecule has 1 N–H and O–H groups in total. The Hall–Kier alpha value is -1.85. The van der Waals surface area contributed by atoms with E-state index in [1.807, 2.05) is 6.92 Å². The van der Waals surface area contributed by atoms with Gasteiger partial charge in [0.1, 0.15) is 5.56 Å². The monoisotopic (exact) mass is 265 g/mol. The summed E-state index contributed by atoms with van der Waals surface area (Å²) in [5, 5.41) is 13.1. The molecule has 1 aliphatic rings. The Kier molecular flexibility index (Phi) is 3.87. The fourth-order valence-electron chi connectivity index (χ4n) is 2.63. The molecule has 0 radical (unpaired) electrons. The summed E-state index contributed by atoms with van der Waals surface area (Å²) >= 11 is 0. The van der Waals surface area contributed by atoms with E-state index >= 15 is 0 Å². The molecule has 2 heterocycles. The van der Waals surface area contributed by atoms with E-state index in [1.54, 1.807) is 11.9 Å². The molecule has 2 rings (SSSR count). The molecule has 0 unspecified atom stereocenters. The molecule has 6 nitrogen and oxygen atoms in total. The van der Waals surface area contributed by atoms with Crippen molar-refractivity contribution in [3.63, 3.8) is 0 Å². The number of amides is 1. The van der Waals surface area contributed by atoms with E-state index in [9.17, 15) is 9.59 Å². The molecule has 1 saturated heterocycles. The summed E-state index contributed by atoms with van der Waals surface area (Å²) < 4.78 is 1.38. The van der Waals surface area contributed by atoms with Crippen molar-refractivity contribution < 1.29 is 14.7 Å². The highest BCUT2D eigenvalue weighted by Gasteiger charge is 2.30. The minimum atomic E-state index is -1.11. The van der Waals surface area contributed by atoms with Gasteiger partial charge in [-0.2, -0.15) is 5.10 Å². The molecule has 1 amide bonds. The van der Waals surface area contributed by atoms with E-state index < -0.39 is 5.97 Å². The fraction of sp³-hybridized carbons (Fsp3) is 0.615. The standard InChI is InChI=1S/C13H19N3O3/c1-3-9-6-4-5-7-16(9)12(17)11-10(13(18)19)8-15(2)14-11/h8-9H,3-7H2,1-2H3,(H,18,19)/t9-/m0/s1. The van der Waals surface area contributed by atoms with Crippen LogP contribution in [0, 0.1) is 0 Å². The quantitative estimate of drug-likeness (QED) is 0.899. The maximum absolute atomic E-state index is 12.5. The largest absolute Gasteiger partial charge is 0.478 e. The Labute approximate surface area is 112 Å². The maximum atomic E-state index is 12.5. The molecule has 0 bridgehead atoms. The minimum Gasteiger partial charge on any atom is -0.478 e. The van der Waals surface area contributed by atoms with Gasteiger partial charge in [-0.05, 0) is 25.7 Å². The van der Waals surface area contributed by atoms with Crippen molar-refractivity contribution in [1.29, 1.82) is 0 Å². The van der Waals surface area contributed by atoms with Crippen LogP contribution in [0.3, 0.4) is 0 Å². The van der Waals surface area contributed by atoms with Gasteiger partial charge in [-0.25, -0.2) is 4.79 Å². The summed E-state index contributed by atoms with van der Waals surface area (Å²) in [6, 6.07) is 0.199. The number of carbonyl (C=O) groups excluding carboxylic acids is 1. The molecule has 104 valence electrons. The number of piperidine rings is 1. The summed E-state index contributed by atoms with van der Waals surface area (Å²) in [5.41, 5.74) is 0.0308. The number of nitrogens with zero attached hydrogens (tertiary/aromatic N) is 3.